The van der Waals surface area contributed by atoms with Crippen LogP contribution in [0.4, 0.5) is 4.39 Å². The maximum atomic E-state index is 13.2. The van der Waals surface area contributed by atoms with E-state index in [1.807, 2.05) is 39.8 Å². The highest BCUT2D eigenvalue weighted by Crippen LogP contribution is 2.24. The Labute approximate surface area is 183 Å². The summed E-state index contributed by atoms with van der Waals surface area (Å²) in [6.45, 7) is 8.64. The van der Waals surface area contributed by atoms with E-state index in [1.165, 1.54) is 12.1 Å². The molecule has 1 atom stereocenters. The second kappa shape index (κ2) is 10.1. The van der Waals surface area contributed by atoms with Gasteiger partial charge in [-0.2, -0.15) is 0 Å². The fourth-order valence-electron chi connectivity index (χ4n) is 3.42. The topological polar surface area (TPSA) is 47.6 Å². The molecule has 1 unspecified atom stereocenters. The Hall–Kier alpha value is -3.34. The summed E-state index contributed by atoms with van der Waals surface area (Å²) in [6.07, 6.45) is 0. The molecular formula is C26H28FNO3. The van der Waals surface area contributed by atoms with Crippen LogP contribution in [0.3, 0.4) is 0 Å². The average molecular weight is 422 g/mol. The van der Waals surface area contributed by atoms with Crippen LogP contribution in [-0.4, -0.2) is 12.5 Å². The van der Waals surface area contributed by atoms with Gasteiger partial charge >= 0.3 is 0 Å². The summed E-state index contributed by atoms with van der Waals surface area (Å²) in [5.74, 6) is 0.949. The lowest BCUT2D eigenvalue weighted by Crippen LogP contribution is -2.26. The van der Waals surface area contributed by atoms with Gasteiger partial charge in [0, 0.05) is 11.1 Å². The summed E-state index contributed by atoms with van der Waals surface area (Å²) in [6, 6.07) is 17.2. The first-order valence-corrected chi connectivity index (χ1v) is 10.4. The lowest BCUT2D eigenvalue weighted by atomic mass is 10.1. The number of carbonyl (C=O) groups is 1. The third-order valence-corrected chi connectivity index (χ3v) is 4.93. The number of halogens is 1. The van der Waals surface area contributed by atoms with Gasteiger partial charge in [0.25, 0.3) is 5.91 Å². The number of benzene rings is 3. The molecule has 1 N–H and O–H groups in total. The van der Waals surface area contributed by atoms with E-state index in [4.69, 9.17) is 9.47 Å². The summed E-state index contributed by atoms with van der Waals surface area (Å²) < 4.78 is 24.9. The smallest absolute Gasteiger partial charge is 0.251 e. The Balaban J connectivity index is 1.76. The van der Waals surface area contributed by atoms with Crippen molar-refractivity contribution in [3.05, 3.63) is 94.3 Å². The van der Waals surface area contributed by atoms with Gasteiger partial charge in [-0.1, -0.05) is 18.2 Å². The van der Waals surface area contributed by atoms with E-state index in [1.54, 1.807) is 30.3 Å². The predicted octanol–water partition coefficient (Wildman–Crippen LogP) is 5.91. The third-order valence-electron chi connectivity index (χ3n) is 4.93. The Morgan fingerprint density at radius 3 is 2.29 bits per heavy atom. The number of nitrogens with one attached hydrogen (secondary N) is 1. The molecule has 0 saturated carbocycles. The highest BCUT2D eigenvalue weighted by atomic mass is 19.1. The van der Waals surface area contributed by atoms with Crippen molar-refractivity contribution in [1.82, 2.24) is 5.32 Å². The summed E-state index contributed by atoms with van der Waals surface area (Å²) in [4.78, 5) is 12.8. The van der Waals surface area contributed by atoms with Crippen molar-refractivity contribution in [2.45, 2.75) is 40.3 Å². The van der Waals surface area contributed by atoms with Gasteiger partial charge in [0.15, 0.2) is 0 Å². The molecule has 5 heteroatoms. The minimum Gasteiger partial charge on any atom is -0.493 e. The monoisotopic (exact) mass is 421 g/mol. The standard InChI is InChI=1S/C26H28FNO3/c1-5-30-25-11-8-21(26(29)28-19(4)20-6-9-23(27)10-7-20)15-22(25)16-31-24-13-17(2)12-18(3)14-24/h6-15,19H,5,16H2,1-4H3,(H,28,29). The molecule has 1 amide bonds. The highest BCUT2D eigenvalue weighted by Gasteiger charge is 2.15. The van der Waals surface area contributed by atoms with Gasteiger partial charge < -0.3 is 14.8 Å². The molecule has 0 fully saturated rings. The van der Waals surface area contributed by atoms with Crippen LogP contribution >= 0.6 is 0 Å². The van der Waals surface area contributed by atoms with Crippen LogP contribution in [0.5, 0.6) is 11.5 Å². The Morgan fingerprint density at radius 1 is 0.968 bits per heavy atom. The van der Waals surface area contributed by atoms with Crippen LogP contribution in [0.1, 0.15) is 52.5 Å². The summed E-state index contributed by atoms with van der Waals surface area (Å²) >= 11 is 0. The maximum Gasteiger partial charge on any atom is 0.251 e. The normalized spacial score (nSPS) is 11.6. The van der Waals surface area contributed by atoms with Gasteiger partial charge in [-0.15, -0.1) is 0 Å². The van der Waals surface area contributed by atoms with Gasteiger partial charge in [0.05, 0.1) is 12.6 Å². The number of aryl methyl sites for hydroxylation is 2. The minimum atomic E-state index is -0.303. The number of hydrogen-bond donors (Lipinski definition) is 1. The molecule has 162 valence electrons. The molecular weight excluding hydrogens is 393 g/mol. The number of ether oxygens (including phenoxy) is 2. The summed E-state index contributed by atoms with van der Waals surface area (Å²) in [7, 11) is 0. The largest absolute Gasteiger partial charge is 0.493 e. The van der Waals surface area contributed by atoms with Crippen molar-refractivity contribution in [2.24, 2.45) is 0 Å². The fourth-order valence-corrected chi connectivity index (χ4v) is 3.42. The van der Waals surface area contributed by atoms with Crippen molar-refractivity contribution in [3.63, 3.8) is 0 Å². The first kappa shape index (κ1) is 22.3. The van der Waals surface area contributed by atoms with Gasteiger partial charge in [0.1, 0.15) is 23.9 Å². The van der Waals surface area contributed by atoms with Crippen LogP contribution in [0, 0.1) is 19.7 Å². The quantitative estimate of drug-likeness (QED) is 0.492. The Kier molecular flexibility index (Phi) is 7.29. The zero-order chi connectivity index (χ0) is 22.4. The minimum absolute atomic E-state index is 0.215. The SMILES string of the molecule is CCOc1ccc(C(=O)NC(C)c2ccc(F)cc2)cc1COc1cc(C)cc(C)c1. The molecule has 0 heterocycles. The van der Waals surface area contributed by atoms with E-state index in [9.17, 15) is 9.18 Å². The Morgan fingerprint density at radius 2 is 1.65 bits per heavy atom. The number of carbonyl (C=O) groups excluding carboxylic acids is 1. The van der Waals surface area contributed by atoms with E-state index in [-0.39, 0.29) is 24.4 Å². The molecule has 0 aliphatic carbocycles. The van der Waals surface area contributed by atoms with Crippen LogP contribution in [0.2, 0.25) is 0 Å². The first-order chi connectivity index (χ1) is 14.9. The second-order valence-corrected chi connectivity index (χ2v) is 7.61. The molecule has 31 heavy (non-hydrogen) atoms. The highest BCUT2D eigenvalue weighted by molar-refractivity contribution is 5.94. The molecule has 0 aromatic heterocycles. The molecule has 0 bridgehead atoms. The molecule has 3 aromatic rings. The molecule has 0 aliphatic rings. The van der Waals surface area contributed by atoms with Crippen LogP contribution in [0.15, 0.2) is 60.7 Å². The summed E-state index contributed by atoms with van der Waals surface area (Å²) in [5.41, 5.74) is 4.39. The van der Waals surface area contributed by atoms with Gasteiger partial charge in [-0.25, -0.2) is 4.39 Å². The van der Waals surface area contributed by atoms with Gasteiger partial charge in [-0.05, 0) is 86.8 Å². The average Bonchev–Trinajstić information content (AvgIpc) is 2.73. The molecule has 3 aromatic carbocycles. The van der Waals surface area contributed by atoms with E-state index in [0.717, 1.165) is 28.0 Å². The number of amides is 1. The second-order valence-electron chi connectivity index (χ2n) is 7.61. The van der Waals surface area contributed by atoms with E-state index in [0.29, 0.717) is 17.9 Å². The lowest BCUT2D eigenvalue weighted by molar-refractivity contribution is 0.0939. The first-order valence-electron chi connectivity index (χ1n) is 10.4. The molecule has 3 rings (SSSR count). The maximum absolute atomic E-state index is 13.2. The van der Waals surface area contributed by atoms with Gasteiger partial charge in [-0.3, -0.25) is 4.79 Å². The molecule has 0 saturated heterocycles. The Bertz CT molecular complexity index is 1030. The van der Waals surface area contributed by atoms with Crippen molar-refractivity contribution in [3.8, 4) is 11.5 Å². The lowest BCUT2D eigenvalue weighted by Gasteiger charge is -2.16. The number of hydrogen-bond acceptors (Lipinski definition) is 3. The van der Waals surface area contributed by atoms with Crippen molar-refractivity contribution in [2.75, 3.05) is 6.61 Å². The van der Waals surface area contributed by atoms with Crippen LogP contribution < -0.4 is 14.8 Å². The zero-order valence-corrected chi connectivity index (χ0v) is 18.4. The van der Waals surface area contributed by atoms with Crippen LogP contribution in [0.25, 0.3) is 0 Å². The molecule has 0 spiro atoms. The summed E-state index contributed by atoms with van der Waals surface area (Å²) in [5, 5.41) is 2.96. The molecule has 4 nitrogen and oxygen atoms in total. The third kappa shape index (κ3) is 6.07. The predicted molar refractivity (Wildman–Crippen MR) is 120 cm³/mol. The van der Waals surface area contributed by atoms with Crippen LogP contribution in [-0.2, 0) is 6.61 Å². The van der Waals surface area contributed by atoms with E-state index < -0.39 is 0 Å². The zero-order valence-electron chi connectivity index (χ0n) is 18.4. The molecule has 0 radical (unpaired) electrons. The molecule has 0 aliphatic heterocycles. The van der Waals surface area contributed by atoms with E-state index >= 15 is 0 Å². The van der Waals surface area contributed by atoms with Gasteiger partial charge in [0.2, 0.25) is 0 Å². The van der Waals surface area contributed by atoms with Crippen molar-refractivity contribution < 1.29 is 18.7 Å². The number of rotatable bonds is 8. The van der Waals surface area contributed by atoms with E-state index in [2.05, 4.69) is 11.4 Å². The van der Waals surface area contributed by atoms with Crippen molar-refractivity contribution in [1.29, 1.82) is 0 Å². The van der Waals surface area contributed by atoms with Crippen molar-refractivity contribution >= 4 is 5.91 Å². The fraction of sp³-hybridized carbons (Fsp3) is 0.269.